The number of carbonyl (C=O) groups excluding carboxylic acids is 2. The van der Waals surface area contributed by atoms with Crippen LogP contribution in [0.3, 0.4) is 0 Å². The van der Waals surface area contributed by atoms with E-state index in [1.54, 1.807) is 20.9 Å². The lowest BCUT2D eigenvalue weighted by Crippen LogP contribution is -2.55. The average Bonchev–Trinajstić information content (AvgIpc) is 2.73. The van der Waals surface area contributed by atoms with Crippen LogP contribution in [-0.2, 0) is 26.0 Å². The zero-order valence-electron chi connectivity index (χ0n) is 17.7. The summed E-state index contributed by atoms with van der Waals surface area (Å²) in [7, 11) is -1.59. The Morgan fingerprint density at radius 2 is 1.76 bits per heavy atom. The van der Waals surface area contributed by atoms with E-state index in [4.69, 9.17) is 0 Å². The number of nitrogens with zero attached hydrogens (tertiary/aromatic N) is 3. The SMILES string of the molecule is CCc1ccccc1NC(=O)CN(C)C(=O)C(C)N1CCN(S(=O)(=O)CC)CC1. The summed E-state index contributed by atoms with van der Waals surface area (Å²) in [5, 5.41) is 2.87. The lowest BCUT2D eigenvalue weighted by Gasteiger charge is -2.37. The van der Waals surface area contributed by atoms with Crippen molar-refractivity contribution in [2.24, 2.45) is 0 Å². The third-order valence-corrected chi connectivity index (χ3v) is 7.25. The van der Waals surface area contributed by atoms with Crippen molar-refractivity contribution in [3.05, 3.63) is 29.8 Å². The van der Waals surface area contributed by atoms with Crippen LogP contribution in [0.2, 0.25) is 0 Å². The molecule has 1 saturated heterocycles. The Bertz CT molecular complexity index is 820. The summed E-state index contributed by atoms with van der Waals surface area (Å²) in [6, 6.07) is 7.19. The number of anilines is 1. The molecule has 29 heavy (non-hydrogen) atoms. The van der Waals surface area contributed by atoms with E-state index in [9.17, 15) is 18.0 Å². The predicted molar refractivity (Wildman–Crippen MR) is 114 cm³/mol. The van der Waals surface area contributed by atoms with Gasteiger partial charge < -0.3 is 10.2 Å². The van der Waals surface area contributed by atoms with Gasteiger partial charge in [-0.3, -0.25) is 14.5 Å². The summed E-state index contributed by atoms with van der Waals surface area (Å²) < 4.78 is 25.4. The van der Waals surface area contributed by atoms with E-state index in [-0.39, 0.29) is 24.1 Å². The van der Waals surface area contributed by atoms with Gasteiger partial charge in [-0.2, -0.15) is 4.31 Å². The first kappa shape index (κ1) is 23.3. The van der Waals surface area contributed by atoms with Crippen LogP contribution in [0.4, 0.5) is 5.69 Å². The van der Waals surface area contributed by atoms with Gasteiger partial charge in [0.05, 0.1) is 18.3 Å². The average molecular weight is 425 g/mol. The van der Waals surface area contributed by atoms with Crippen molar-refractivity contribution in [3.8, 4) is 0 Å². The number of piperazine rings is 1. The molecule has 0 aromatic heterocycles. The van der Waals surface area contributed by atoms with Crippen LogP contribution in [0.5, 0.6) is 0 Å². The number of hydrogen-bond donors (Lipinski definition) is 1. The molecule has 8 nitrogen and oxygen atoms in total. The minimum Gasteiger partial charge on any atom is -0.335 e. The third kappa shape index (κ3) is 6.01. The molecule has 1 aromatic rings. The predicted octanol–water partition coefficient (Wildman–Crippen LogP) is 1.00. The molecule has 1 fully saturated rings. The van der Waals surface area contributed by atoms with E-state index in [2.05, 4.69) is 5.32 Å². The molecular formula is C20H32N4O4S. The number of benzene rings is 1. The number of sulfonamides is 1. The fourth-order valence-corrected chi connectivity index (χ4v) is 4.55. The highest BCUT2D eigenvalue weighted by Crippen LogP contribution is 2.16. The van der Waals surface area contributed by atoms with E-state index in [0.29, 0.717) is 26.2 Å². The molecule has 1 atom stereocenters. The summed E-state index contributed by atoms with van der Waals surface area (Å²) in [5.41, 5.74) is 1.81. The summed E-state index contributed by atoms with van der Waals surface area (Å²) in [5.74, 6) is -0.316. The quantitative estimate of drug-likeness (QED) is 0.673. The van der Waals surface area contributed by atoms with Crippen LogP contribution >= 0.6 is 0 Å². The summed E-state index contributed by atoms with van der Waals surface area (Å²) >= 11 is 0. The Hall–Kier alpha value is -1.97. The van der Waals surface area contributed by atoms with Gasteiger partial charge in [0.1, 0.15) is 0 Å². The number of likely N-dealkylation sites (N-methyl/N-ethyl adjacent to an activating group) is 1. The van der Waals surface area contributed by atoms with Crippen LogP contribution < -0.4 is 5.32 Å². The topological polar surface area (TPSA) is 90.0 Å². The number of carbonyl (C=O) groups is 2. The monoisotopic (exact) mass is 424 g/mol. The largest absolute Gasteiger partial charge is 0.335 e. The Kier molecular flexibility index (Phi) is 8.18. The van der Waals surface area contributed by atoms with Crippen LogP contribution in [0.1, 0.15) is 26.3 Å². The van der Waals surface area contributed by atoms with Gasteiger partial charge in [-0.1, -0.05) is 25.1 Å². The Morgan fingerprint density at radius 1 is 1.14 bits per heavy atom. The summed E-state index contributed by atoms with van der Waals surface area (Å²) in [6.07, 6.45) is 0.808. The lowest BCUT2D eigenvalue weighted by atomic mass is 10.1. The van der Waals surface area contributed by atoms with Crippen molar-refractivity contribution in [2.75, 3.05) is 50.8 Å². The Balaban J connectivity index is 1.88. The molecule has 2 rings (SSSR count). The van der Waals surface area contributed by atoms with Gasteiger partial charge in [0.25, 0.3) is 0 Å². The highest BCUT2D eigenvalue weighted by molar-refractivity contribution is 7.89. The molecule has 9 heteroatoms. The second-order valence-corrected chi connectivity index (χ2v) is 9.52. The van der Waals surface area contributed by atoms with E-state index in [1.165, 1.54) is 9.21 Å². The molecule has 1 N–H and O–H groups in total. The molecule has 2 amide bonds. The van der Waals surface area contributed by atoms with Crippen molar-refractivity contribution < 1.29 is 18.0 Å². The highest BCUT2D eigenvalue weighted by atomic mass is 32.2. The maximum absolute atomic E-state index is 12.8. The number of para-hydroxylation sites is 1. The zero-order valence-corrected chi connectivity index (χ0v) is 18.5. The lowest BCUT2D eigenvalue weighted by molar-refractivity contribution is -0.138. The summed E-state index contributed by atoms with van der Waals surface area (Å²) in [6.45, 7) is 7.17. The van der Waals surface area contributed by atoms with Gasteiger partial charge in [0.15, 0.2) is 0 Å². The van der Waals surface area contributed by atoms with Gasteiger partial charge in [-0.15, -0.1) is 0 Å². The van der Waals surface area contributed by atoms with Gasteiger partial charge in [0.2, 0.25) is 21.8 Å². The maximum atomic E-state index is 12.8. The normalized spacial score (nSPS) is 17.0. The molecule has 1 aliphatic heterocycles. The molecule has 0 spiro atoms. The first-order valence-electron chi connectivity index (χ1n) is 10.0. The van der Waals surface area contributed by atoms with Crippen LogP contribution in [0.15, 0.2) is 24.3 Å². The number of rotatable bonds is 8. The van der Waals surface area contributed by atoms with Crippen molar-refractivity contribution >= 4 is 27.5 Å². The second-order valence-electron chi connectivity index (χ2n) is 7.26. The number of amides is 2. The van der Waals surface area contributed by atoms with Crippen molar-refractivity contribution in [3.63, 3.8) is 0 Å². The van der Waals surface area contributed by atoms with Gasteiger partial charge in [-0.25, -0.2) is 8.42 Å². The van der Waals surface area contributed by atoms with E-state index < -0.39 is 16.1 Å². The molecule has 1 unspecified atom stereocenters. The summed E-state index contributed by atoms with van der Waals surface area (Å²) in [4.78, 5) is 28.5. The van der Waals surface area contributed by atoms with Crippen LogP contribution in [0, 0.1) is 0 Å². The fraction of sp³-hybridized carbons (Fsp3) is 0.600. The Labute approximate surface area is 173 Å². The maximum Gasteiger partial charge on any atom is 0.243 e. The Morgan fingerprint density at radius 3 is 2.34 bits per heavy atom. The molecule has 1 heterocycles. The molecule has 0 aliphatic carbocycles. The van der Waals surface area contributed by atoms with Gasteiger partial charge in [-0.05, 0) is 31.9 Å². The number of aryl methyl sites for hydroxylation is 1. The van der Waals surface area contributed by atoms with E-state index in [1.807, 2.05) is 36.1 Å². The van der Waals surface area contributed by atoms with Crippen molar-refractivity contribution in [1.82, 2.24) is 14.1 Å². The first-order valence-corrected chi connectivity index (χ1v) is 11.6. The first-order chi connectivity index (χ1) is 13.7. The second kappa shape index (κ2) is 10.2. The molecule has 1 aliphatic rings. The van der Waals surface area contributed by atoms with E-state index >= 15 is 0 Å². The molecule has 0 radical (unpaired) electrons. The van der Waals surface area contributed by atoms with Gasteiger partial charge in [0, 0.05) is 38.9 Å². The van der Waals surface area contributed by atoms with Crippen LogP contribution in [-0.4, -0.2) is 85.9 Å². The van der Waals surface area contributed by atoms with Gasteiger partial charge >= 0.3 is 0 Å². The van der Waals surface area contributed by atoms with Crippen LogP contribution in [0.25, 0.3) is 0 Å². The molecule has 162 valence electrons. The highest BCUT2D eigenvalue weighted by Gasteiger charge is 2.31. The van der Waals surface area contributed by atoms with Crippen molar-refractivity contribution in [2.45, 2.75) is 33.2 Å². The van der Waals surface area contributed by atoms with Crippen molar-refractivity contribution in [1.29, 1.82) is 0 Å². The smallest absolute Gasteiger partial charge is 0.243 e. The molecule has 0 saturated carbocycles. The number of hydrogen-bond acceptors (Lipinski definition) is 5. The standard InChI is InChI=1S/C20H32N4O4S/c1-5-17-9-7-8-10-18(17)21-19(25)15-22(4)20(26)16(3)23-11-13-24(14-12-23)29(27,28)6-2/h7-10,16H,5-6,11-15H2,1-4H3,(H,21,25). The minimum atomic E-state index is -3.20. The number of nitrogens with one attached hydrogen (secondary N) is 1. The molecule has 0 bridgehead atoms. The fourth-order valence-electron chi connectivity index (χ4n) is 3.46. The third-order valence-electron chi connectivity index (χ3n) is 5.37. The minimum absolute atomic E-state index is 0.0363. The zero-order chi connectivity index (χ0) is 21.6. The van der Waals surface area contributed by atoms with E-state index in [0.717, 1.165) is 17.7 Å². The molecular weight excluding hydrogens is 392 g/mol. The molecule has 1 aromatic carbocycles.